The Labute approximate surface area is 54.5 Å². The van der Waals surface area contributed by atoms with Crippen LogP contribution in [-0.2, 0) is 4.57 Å². The van der Waals surface area contributed by atoms with E-state index in [-0.39, 0.29) is 4.45 Å². The molecule has 1 heterocycles. The summed E-state index contributed by atoms with van der Waals surface area (Å²) in [5.41, 5.74) is -0.923. The summed E-state index contributed by atoms with van der Waals surface area (Å²) < 4.78 is 10.4. The Morgan fingerprint density at radius 1 is 1.70 bits per heavy atom. The summed E-state index contributed by atoms with van der Waals surface area (Å²) in [4.78, 5) is 29.1. The van der Waals surface area contributed by atoms with Crippen LogP contribution in [0.15, 0.2) is 11.1 Å². The van der Waals surface area contributed by atoms with Crippen LogP contribution in [-0.4, -0.2) is 24.3 Å². The number of hydrogen-bond donors (Lipinski definition) is 3. The predicted molar refractivity (Wildman–Crippen MR) is 30.3 cm³/mol. The van der Waals surface area contributed by atoms with Gasteiger partial charge >= 0.3 is 13.4 Å². The Kier molecular flexibility index (Phi) is 1.47. The topological polar surface area (TPSA) is 108 Å². The van der Waals surface area contributed by atoms with Crippen molar-refractivity contribution in [3.05, 3.63) is 16.8 Å². The minimum absolute atomic E-state index is 0.0764. The number of aromatic amines is 1. The highest BCUT2D eigenvalue weighted by atomic mass is 31.2. The molecule has 7 nitrogen and oxygen atoms in total. The minimum atomic E-state index is -4.55. The monoisotopic (exact) mass is 165 g/mol. The molecule has 0 aliphatic rings. The van der Waals surface area contributed by atoms with E-state index in [2.05, 4.69) is 5.10 Å². The Balaban J connectivity index is 3.32. The van der Waals surface area contributed by atoms with Gasteiger partial charge in [0.25, 0.3) is 0 Å². The van der Waals surface area contributed by atoms with Crippen molar-refractivity contribution in [3.8, 4) is 0 Å². The van der Waals surface area contributed by atoms with E-state index >= 15 is 0 Å². The van der Waals surface area contributed by atoms with Crippen LogP contribution in [0.5, 0.6) is 0 Å². The summed E-state index contributed by atoms with van der Waals surface area (Å²) in [6, 6.07) is 0. The molecular formula is C2H4N3O4P. The van der Waals surface area contributed by atoms with Gasteiger partial charge in [-0.05, 0) is 0 Å². The quantitative estimate of drug-likeness (QED) is 0.439. The predicted octanol–water partition coefficient (Wildman–Crippen LogP) is -1.49. The highest BCUT2D eigenvalue weighted by Gasteiger charge is 2.19. The zero-order valence-electron chi connectivity index (χ0n) is 4.63. The number of nitrogens with one attached hydrogen (secondary N) is 1. The standard InChI is InChI=1S/C2H4N3O4P/c6-2-3-1-4-5(2)10(7,8)9/h1H,(H,3,4,6)(H2,7,8,9). The van der Waals surface area contributed by atoms with Crippen molar-refractivity contribution < 1.29 is 14.4 Å². The molecule has 0 unspecified atom stereocenters. The molecule has 0 amide bonds. The third-order valence-corrected chi connectivity index (χ3v) is 1.56. The van der Waals surface area contributed by atoms with Crippen LogP contribution in [0, 0.1) is 0 Å². The van der Waals surface area contributed by atoms with Crippen molar-refractivity contribution in [3.63, 3.8) is 0 Å². The molecule has 0 bridgehead atoms. The zero-order valence-corrected chi connectivity index (χ0v) is 5.52. The van der Waals surface area contributed by atoms with Crippen LogP contribution >= 0.6 is 7.75 Å². The molecule has 10 heavy (non-hydrogen) atoms. The fourth-order valence-electron chi connectivity index (χ4n) is 0.435. The maximum atomic E-state index is 10.4. The van der Waals surface area contributed by atoms with E-state index in [9.17, 15) is 9.36 Å². The molecule has 0 spiro atoms. The van der Waals surface area contributed by atoms with Gasteiger partial charge in [0.05, 0.1) is 0 Å². The van der Waals surface area contributed by atoms with Crippen molar-refractivity contribution >= 4 is 7.75 Å². The highest BCUT2D eigenvalue weighted by molar-refractivity contribution is 7.49. The van der Waals surface area contributed by atoms with Crippen molar-refractivity contribution in [2.45, 2.75) is 0 Å². The van der Waals surface area contributed by atoms with E-state index in [1.165, 1.54) is 0 Å². The zero-order chi connectivity index (χ0) is 7.78. The van der Waals surface area contributed by atoms with Crippen LogP contribution < -0.4 is 5.69 Å². The number of rotatable bonds is 1. The first-order valence-corrected chi connectivity index (χ1v) is 3.77. The van der Waals surface area contributed by atoms with Gasteiger partial charge in [-0.15, -0.1) is 9.55 Å². The molecule has 0 radical (unpaired) electrons. The molecule has 0 aliphatic heterocycles. The summed E-state index contributed by atoms with van der Waals surface area (Å²) >= 11 is 0. The van der Waals surface area contributed by atoms with E-state index in [0.29, 0.717) is 0 Å². The van der Waals surface area contributed by atoms with Gasteiger partial charge in [-0.3, -0.25) is 4.98 Å². The summed E-state index contributed by atoms with van der Waals surface area (Å²) in [7, 11) is -4.55. The highest BCUT2D eigenvalue weighted by Crippen LogP contribution is 2.32. The van der Waals surface area contributed by atoms with E-state index in [4.69, 9.17) is 9.79 Å². The molecule has 0 aromatic carbocycles. The lowest BCUT2D eigenvalue weighted by molar-refractivity contribution is 0.353. The molecule has 1 aromatic rings. The molecule has 56 valence electrons. The second-order valence-corrected chi connectivity index (χ2v) is 2.90. The van der Waals surface area contributed by atoms with Crippen LogP contribution in [0.3, 0.4) is 0 Å². The first kappa shape index (κ1) is 7.20. The molecule has 0 atom stereocenters. The van der Waals surface area contributed by atoms with E-state index in [0.717, 1.165) is 6.33 Å². The molecule has 0 aliphatic carbocycles. The third-order valence-electron chi connectivity index (χ3n) is 0.784. The number of aromatic nitrogens is 3. The number of nitrogens with zero attached hydrogens (tertiary/aromatic N) is 2. The van der Waals surface area contributed by atoms with Crippen molar-refractivity contribution in [2.75, 3.05) is 0 Å². The molecule has 0 fully saturated rings. The average Bonchev–Trinajstić information content (AvgIpc) is 2.11. The fraction of sp³-hybridized carbons (Fsp3) is 0. The van der Waals surface area contributed by atoms with Gasteiger partial charge in [-0.1, -0.05) is 0 Å². The van der Waals surface area contributed by atoms with E-state index in [1.54, 1.807) is 0 Å². The molecule has 1 rings (SSSR count). The molecule has 1 aromatic heterocycles. The molecular weight excluding hydrogens is 161 g/mol. The normalized spacial score (nSPS) is 11.8. The maximum absolute atomic E-state index is 10.4. The number of hydrogen-bond acceptors (Lipinski definition) is 3. The summed E-state index contributed by atoms with van der Waals surface area (Å²) in [6.07, 6.45) is 0.904. The summed E-state index contributed by atoms with van der Waals surface area (Å²) in [6.45, 7) is 0. The van der Waals surface area contributed by atoms with Crippen molar-refractivity contribution in [2.24, 2.45) is 0 Å². The number of H-pyrrole nitrogens is 1. The average molecular weight is 165 g/mol. The third kappa shape index (κ3) is 1.15. The van der Waals surface area contributed by atoms with Gasteiger partial charge in [0, 0.05) is 0 Å². The van der Waals surface area contributed by atoms with E-state index in [1.807, 2.05) is 4.98 Å². The maximum Gasteiger partial charge on any atom is 0.454 e. The van der Waals surface area contributed by atoms with Crippen LogP contribution in [0.4, 0.5) is 0 Å². The van der Waals surface area contributed by atoms with Gasteiger partial charge < -0.3 is 9.79 Å². The van der Waals surface area contributed by atoms with Crippen LogP contribution in [0.1, 0.15) is 0 Å². The SMILES string of the molecule is O=c1[nH]cnn1P(=O)(O)O. The van der Waals surface area contributed by atoms with Gasteiger partial charge in [0.2, 0.25) is 0 Å². The molecule has 0 saturated carbocycles. The molecule has 8 heteroatoms. The lowest BCUT2D eigenvalue weighted by Crippen LogP contribution is -2.15. The van der Waals surface area contributed by atoms with Gasteiger partial charge in [0.15, 0.2) is 0 Å². The van der Waals surface area contributed by atoms with Crippen molar-refractivity contribution in [1.29, 1.82) is 0 Å². The lowest BCUT2D eigenvalue weighted by atomic mass is 11.3. The first-order chi connectivity index (χ1) is 4.52. The smallest absolute Gasteiger partial charge is 0.307 e. The molecule has 3 N–H and O–H groups in total. The van der Waals surface area contributed by atoms with Gasteiger partial charge in [-0.2, -0.15) is 0 Å². The summed E-state index contributed by atoms with van der Waals surface area (Å²) in [5, 5.41) is 3.07. The largest absolute Gasteiger partial charge is 0.454 e. The first-order valence-electron chi connectivity index (χ1n) is 2.21. The van der Waals surface area contributed by atoms with E-state index < -0.39 is 13.4 Å². The Morgan fingerprint density at radius 3 is 2.50 bits per heavy atom. The van der Waals surface area contributed by atoms with Gasteiger partial charge in [-0.25, -0.2) is 9.36 Å². The second-order valence-electron chi connectivity index (χ2n) is 1.50. The summed E-state index contributed by atoms with van der Waals surface area (Å²) in [5.74, 6) is 0. The van der Waals surface area contributed by atoms with Crippen LogP contribution in [0.25, 0.3) is 0 Å². The fourth-order valence-corrected chi connectivity index (χ4v) is 0.915. The van der Waals surface area contributed by atoms with Gasteiger partial charge in [0.1, 0.15) is 6.33 Å². The van der Waals surface area contributed by atoms with Crippen LogP contribution in [0.2, 0.25) is 0 Å². The molecule has 0 saturated heterocycles. The Morgan fingerprint density at radius 2 is 2.30 bits per heavy atom. The second kappa shape index (κ2) is 2.05. The Bertz CT molecular complexity index is 319. The minimum Gasteiger partial charge on any atom is -0.307 e. The Hall–Kier alpha value is -0.910. The lowest BCUT2D eigenvalue weighted by Gasteiger charge is -1.97. The van der Waals surface area contributed by atoms with Crippen molar-refractivity contribution in [1.82, 2.24) is 14.5 Å².